The van der Waals surface area contributed by atoms with Crippen molar-refractivity contribution < 1.29 is 4.92 Å². The predicted octanol–water partition coefficient (Wildman–Crippen LogP) is 5.34. The number of non-ortho nitro benzene ring substituents is 1. The van der Waals surface area contributed by atoms with Gasteiger partial charge in [-0.15, -0.1) is 0 Å². The van der Waals surface area contributed by atoms with E-state index in [2.05, 4.69) is 15.9 Å². The molecule has 104 valence electrons. The molecule has 0 spiro atoms. The zero-order valence-electron chi connectivity index (χ0n) is 11.1. The van der Waals surface area contributed by atoms with Gasteiger partial charge in [0, 0.05) is 27.0 Å². The van der Waals surface area contributed by atoms with Gasteiger partial charge in [-0.25, -0.2) is 0 Å². The Labute approximate surface area is 130 Å². The largest absolute Gasteiger partial charge is 0.271 e. The Bertz CT molecular complexity index is 653. The number of benzene rings is 2. The Morgan fingerprint density at radius 2 is 1.70 bits per heavy atom. The Hall–Kier alpha value is -1.39. The summed E-state index contributed by atoms with van der Waals surface area (Å²) in [5, 5.41) is 11.3. The number of nitrogens with zero attached hydrogens (tertiary/aromatic N) is 1. The number of hydrogen-bond acceptors (Lipinski definition) is 2. The highest BCUT2D eigenvalue weighted by molar-refractivity contribution is 9.10. The third-order valence-electron chi connectivity index (χ3n) is 3.38. The summed E-state index contributed by atoms with van der Waals surface area (Å²) < 4.78 is 0.995. The number of hydrogen-bond donors (Lipinski definition) is 0. The van der Waals surface area contributed by atoms with E-state index in [9.17, 15) is 10.1 Å². The summed E-state index contributed by atoms with van der Waals surface area (Å²) in [6.45, 7) is 4.04. The molecule has 2 aromatic carbocycles. The summed E-state index contributed by atoms with van der Waals surface area (Å²) in [5.41, 5.74) is 1.53. The van der Waals surface area contributed by atoms with Crippen LogP contribution >= 0.6 is 27.5 Å². The molecule has 0 radical (unpaired) electrons. The minimum absolute atomic E-state index is 0.0117. The lowest BCUT2D eigenvalue weighted by Gasteiger charge is -2.26. The fraction of sp³-hybridized carbons (Fsp3) is 0.200. The van der Waals surface area contributed by atoms with Gasteiger partial charge >= 0.3 is 0 Å². The molecule has 0 aliphatic carbocycles. The van der Waals surface area contributed by atoms with Crippen molar-refractivity contribution >= 4 is 33.2 Å². The Morgan fingerprint density at radius 1 is 1.10 bits per heavy atom. The highest BCUT2D eigenvalue weighted by Gasteiger charge is 2.25. The Morgan fingerprint density at radius 3 is 2.25 bits per heavy atom. The summed E-state index contributed by atoms with van der Waals surface area (Å²) in [7, 11) is 0. The molecule has 0 bridgehead atoms. The molecule has 0 aliphatic heterocycles. The standard InChI is InChI=1S/C15H13BrClNO2/c1-15(2,10-3-5-12(16)6-4-10)11-7-13(17)9-14(8-11)18(19)20/h3-9H,1-2H3. The van der Waals surface area contributed by atoms with E-state index in [1.165, 1.54) is 6.07 Å². The summed E-state index contributed by atoms with van der Waals surface area (Å²) in [4.78, 5) is 10.5. The zero-order valence-corrected chi connectivity index (χ0v) is 13.4. The molecule has 2 aromatic rings. The normalized spacial score (nSPS) is 11.4. The lowest BCUT2D eigenvalue weighted by molar-refractivity contribution is -0.384. The van der Waals surface area contributed by atoms with Crippen LogP contribution in [0.3, 0.4) is 0 Å². The highest BCUT2D eigenvalue weighted by Crippen LogP contribution is 2.35. The molecule has 2 rings (SSSR count). The fourth-order valence-electron chi connectivity index (χ4n) is 2.07. The zero-order chi connectivity index (χ0) is 14.9. The van der Waals surface area contributed by atoms with Crippen LogP contribution in [0, 0.1) is 10.1 Å². The summed E-state index contributed by atoms with van der Waals surface area (Å²) >= 11 is 9.40. The lowest BCUT2D eigenvalue weighted by Crippen LogP contribution is -2.19. The first-order chi connectivity index (χ1) is 9.30. The van der Waals surface area contributed by atoms with Crippen molar-refractivity contribution in [3.8, 4) is 0 Å². The topological polar surface area (TPSA) is 43.1 Å². The van der Waals surface area contributed by atoms with E-state index in [1.807, 2.05) is 38.1 Å². The van der Waals surface area contributed by atoms with Crippen LogP contribution in [0.4, 0.5) is 5.69 Å². The second-order valence-electron chi connectivity index (χ2n) is 5.09. The van der Waals surface area contributed by atoms with Crippen LogP contribution < -0.4 is 0 Å². The molecule has 0 atom stereocenters. The van der Waals surface area contributed by atoms with Crippen LogP contribution in [0.2, 0.25) is 5.02 Å². The van der Waals surface area contributed by atoms with Gasteiger partial charge in [0.1, 0.15) is 0 Å². The molecular formula is C15H13BrClNO2. The van der Waals surface area contributed by atoms with E-state index in [4.69, 9.17) is 11.6 Å². The molecule has 0 unspecified atom stereocenters. The minimum atomic E-state index is -0.424. The number of nitro groups is 1. The third-order valence-corrected chi connectivity index (χ3v) is 4.13. The van der Waals surface area contributed by atoms with Gasteiger partial charge in [-0.3, -0.25) is 10.1 Å². The molecule has 0 saturated carbocycles. The van der Waals surface area contributed by atoms with Crippen molar-refractivity contribution in [1.29, 1.82) is 0 Å². The molecule has 0 N–H and O–H groups in total. The van der Waals surface area contributed by atoms with Crippen LogP contribution in [0.1, 0.15) is 25.0 Å². The first kappa shape index (κ1) is 15.0. The van der Waals surface area contributed by atoms with Crippen LogP contribution in [0.5, 0.6) is 0 Å². The highest BCUT2D eigenvalue weighted by atomic mass is 79.9. The van der Waals surface area contributed by atoms with Crippen LogP contribution in [0.15, 0.2) is 46.9 Å². The maximum atomic E-state index is 11.0. The average Bonchev–Trinajstić information content (AvgIpc) is 2.38. The fourth-order valence-corrected chi connectivity index (χ4v) is 2.57. The molecule has 5 heteroatoms. The first-order valence-corrected chi connectivity index (χ1v) is 7.19. The van der Waals surface area contributed by atoms with E-state index < -0.39 is 4.92 Å². The second-order valence-corrected chi connectivity index (χ2v) is 6.44. The average molecular weight is 355 g/mol. The van der Waals surface area contributed by atoms with Crippen molar-refractivity contribution in [2.45, 2.75) is 19.3 Å². The third kappa shape index (κ3) is 3.02. The number of nitro benzene ring substituents is 1. The maximum absolute atomic E-state index is 11.0. The molecule has 0 amide bonds. The SMILES string of the molecule is CC(C)(c1ccc(Br)cc1)c1cc(Cl)cc([N+](=O)[O-])c1. The molecule has 0 aliphatic rings. The van der Waals surface area contributed by atoms with E-state index in [1.54, 1.807) is 12.1 Å². The van der Waals surface area contributed by atoms with Gasteiger partial charge in [0.2, 0.25) is 0 Å². The van der Waals surface area contributed by atoms with Gasteiger partial charge in [0.25, 0.3) is 5.69 Å². The van der Waals surface area contributed by atoms with E-state index in [0.717, 1.165) is 15.6 Å². The Balaban J connectivity index is 2.53. The van der Waals surface area contributed by atoms with Crippen LogP contribution in [-0.2, 0) is 5.41 Å². The van der Waals surface area contributed by atoms with Gasteiger partial charge < -0.3 is 0 Å². The number of halogens is 2. The second kappa shape index (κ2) is 5.54. The molecule has 0 heterocycles. The van der Waals surface area contributed by atoms with Crippen molar-refractivity contribution in [2.24, 2.45) is 0 Å². The first-order valence-electron chi connectivity index (χ1n) is 6.02. The Kier molecular flexibility index (Phi) is 4.16. The molecule has 0 saturated heterocycles. The molecule has 20 heavy (non-hydrogen) atoms. The van der Waals surface area contributed by atoms with E-state index in [-0.39, 0.29) is 11.1 Å². The van der Waals surface area contributed by atoms with Crippen LogP contribution in [0.25, 0.3) is 0 Å². The van der Waals surface area contributed by atoms with Crippen molar-refractivity contribution in [3.63, 3.8) is 0 Å². The molecule has 0 aromatic heterocycles. The van der Waals surface area contributed by atoms with Gasteiger partial charge in [-0.2, -0.15) is 0 Å². The van der Waals surface area contributed by atoms with Gasteiger partial charge in [0.05, 0.1) is 4.92 Å². The quantitative estimate of drug-likeness (QED) is 0.552. The number of rotatable bonds is 3. The van der Waals surface area contributed by atoms with E-state index in [0.29, 0.717) is 5.02 Å². The van der Waals surface area contributed by atoms with Crippen molar-refractivity contribution in [3.05, 3.63) is 73.2 Å². The maximum Gasteiger partial charge on any atom is 0.271 e. The van der Waals surface area contributed by atoms with E-state index >= 15 is 0 Å². The van der Waals surface area contributed by atoms with Crippen molar-refractivity contribution in [2.75, 3.05) is 0 Å². The van der Waals surface area contributed by atoms with Gasteiger partial charge in [0.15, 0.2) is 0 Å². The van der Waals surface area contributed by atoms with Crippen LogP contribution in [-0.4, -0.2) is 4.92 Å². The monoisotopic (exact) mass is 353 g/mol. The van der Waals surface area contributed by atoms with Gasteiger partial charge in [-0.1, -0.05) is 53.5 Å². The van der Waals surface area contributed by atoms with Crippen molar-refractivity contribution in [1.82, 2.24) is 0 Å². The molecule has 0 fully saturated rings. The summed E-state index contributed by atoms with van der Waals surface area (Å²) in [5.74, 6) is 0. The smallest absolute Gasteiger partial charge is 0.258 e. The predicted molar refractivity (Wildman–Crippen MR) is 84.4 cm³/mol. The summed E-state index contributed by atoms with van der Waals surface area (Å²) in [6, 6.07) is 12.6. The lowest BCUT2D eigenvalue weighted by atomic mass is 9.78. The minimum Gasteiger partial charge on any atom is -0.258 e. The molecule has 3 nitrogen and oxygen atoms in total. The molecular weight excluding hydrogens is 342 g/mol. The van der Waals surface area contributed by atoms with Gasteiger partial charge in [-0.05, 0) is 29.3 Å². The summed E-state index contributed by atoms with van der Waals surface area (Å²) in [6.07, 6.45) is 0.